The Kier molecular flexibility index (Phi) is 23.2. The minimum absolute atomic E-state index is 0.0201. The van der Waals surface area contributed by atoms with Gasteiger partial charge in [0.15, 0.2) is 0 Å². The first kappa shape index (κ1) is 64.6. The number of aliphatic hydroxyl groups is 2. The van der Waals surface area contributed by atoms with Crippen LogP contribution in [-0.2, 0) is 60.6 Å². The summed E-state index contributed by atoms with van der Waals surface area (Å²) in [5.74, 6) is -0.0119. The van der Waals surface area contributed by atoms with E-state index in [1.165, 1.54) is 0 Å². The Balaban J connectivity index is 1.28. The number of hydrogen-bond acceptors (Lipinski definition) is 12. The molecule has 0 aromatic heterocycles. The summed E-state index contributed by atoms with van der Waals surface area (Å²) in [6, 6.07) is 23.4. The van der Waals surface area contributed by atoms with Gasteiger partial charge >= 0.3 is 0 Å². The Morgan fingerprint density at radius 3 is 1.78 bits per heavy atom. The van der Waals surface area contributed by atoms with Crippen molar-refractivity contribution in [3.05, 3.63) is 95.6 Å². The highest BCUT2D eigenvalue weighted by Gasteiger charge is 2.83. The van der Waals surface area contributed by atoms with E-state index in [0.717, 1.165) is 85.4 Å². The average molecular weight is 1150 g/mol. The number of allylic oxidation sites excluding steroid dienone is 1. The highest BCUT2D eigenvalue weighted by molar-refractivity contribution is 6.76. The van der Waals surface area contributed by atoms with Gasteiger partial charge < -0.3 is 57.6 Å². The SMILES string of the molecule is C=C(C)[C@@H]1CC[C@H]([C@@H]2CCC=C2[C@H](O)[C@]2(COCOCc3ccccc3)[C@@H]3CC[C@@]2(CO)[C@@H](OCOCC[Si](C)(C)C)[C@]32CC[C@@H](C(C)(C)OCOCC[Si](C)(C)C)[C@@H]2OCOCC[Si](C)(C)C)[C@@H]1OCOCc1ccccc1. The maximum absolute atomic E-state index is 14.2. The fourth-order valence-corrected chi connectivity index (χ4v) is 17.2. The van der Waals surface area contributed by atoms with Crippen molar-refractivity contribution >= 4 is 24.2 Å². The lowest BCUT2D eigenvalue weighted by Gasteiger charge is -2.50. The first-order valence-corrected chi connectivity index (χ1v) is 41.3. The van der Waals surface area contributed by atoms with Crippen molar-refractivity contribution < 1.29 is 57.6 Å². The van der Waals surface area contributed by atoms with Crippen molar-refractivity contribution in [2.45, 2.75) is 192 Å². The fraction of sp³-hybridized carbons (Fsp3) is 0.750. The van der Waals surface area contributed by atoms with Crippen molar-refractivity contribution in [2.24, 2.45) is 45.8 Å². The molecule has 0 unspecified atom stereocenters. The minimum atomic E-state index is -1.42. The third kappa shape index (κ3) is 15.7. The third-order valence-electron chi connectivity index (χ3n) is 19.1. The van der Waals surface area contributed by atoms with E-state index in [2.05, 4.69) is 117 Å². The van der Waals surface area contributed by atoms with Crippen LogP contribution in [0.15, 0.2) is 84.5 Å². The predicted octanol–water partition coefficient (Wildman–Crippen LogP) is 13.3. The van der Waals surface area contributed by atoms with E-state index in [1.54, 1.807) is 0 Å². The first-order chi connectivity index (χ1) is 37.5. The number of hydrogen-bond donors (Lipinski definition) is 2. The standard InChI is InChI=1S/C64H106O12Si3/c1-48(2)51-27-28-53(57(51)73-46-71-40-50-23-18-15-19-24-50)52-25-20-26-54(52)58(66)64(42-72-43-70-39-49-21-16-14-17-22-49)56-30-31-62(64,41-65)60(75-45-68-34-37-78(8,9)10)63(56)32-29-55(59(63)74-44-67-33-36-77(5,6)7)61(3,4)76-47-69-35-38-79(11,12)13/h14-19,21-24,26,51-53,55-60,65-66H,1,20,25,27-47H2,2-13H3/t51-,52-,53+,55+,56+,57+,58-,59-,60+,62+,63+,64-/m0/s1. The van der Waals surface area contributed by atoms with Gasteiger partial charge in [-0.25, -0.2) is 0 Å². The second-order valence-corrected chi connectivity index (χ2v) is 45.3. The molecule has 0 radical (unpaired) electrons. The fourth-order valence-electron chi connectivity index (χ4n) is 14.9. The van der Waals surface area contributed by atoms with Gasteiger partial charge in [-0.3, -0.25) is 0 Å². The van der Waals surface area contributed by atoms with E-state index in [4.69, 9.17) is 47.4 Å². The molecule has 0 saturated heterocycles. The molecule has 12 atom stereocenters. The van der Waals surface area contributed by atoms with Crippen LogP contribution in [0.25, 0.3) is 0 Å². The smallest absolute Gasteiger partial charge is 0.147 e. The van der Waals surface area contributed by atoms with Crippen LogP contribution in [0.1, 0.15) is 83.3 Å². The van der Waals surface area contributed by atoms with Gasteiger partial charge in [0.25, 0.3) is 0 Å². The summed E-state index contributed by atoms with van der Waals surface area (Å²) in [5, 5.41) is 26.8. The van der Waals surface area contributed by atoms with Gasteiger partial charge in [0, 0.05) is 72.1 Å². The molecule has 15 heteroatoms. The molecular formula is C64H106O12Si3. The zero-order valence-corrected chi connectivity index (χ0v) is 54.0. The molecular weight excluding hydrogens is 1040 g/mol. The van der Waals surface area contributed by atoms with Gasteiger partial charge in [0.05, 0.1) is 56.4 Å². The maximum atomic E-state index is 14.2. The van der Waals surface area contributed by atoms with Crippen LogP contribution in [0.4, 0.5) is 0 Å². The van der Waals surface area contributed by atoms with E-state index >= 15 is 0 Å². The summed E-state index contributed by atoms with van der Waals surface area (Å²) in [6.45, 7) is 35.4. The lowest BCUT2D eigenvalue weighted by atomic mass is 9.60. The zero-order valence-electron chi connectivity index (χ0n) is 51.0. The van der Waals surface area contributed by atoms with Gasteiger partial charge in [-0.15, -0.1) is 0 Å². The van der Waals surface area contributed by atoms with E-state index in [9.17, 15) is 10.2 Å². The molecule has 4 saturated carbocycles. The van der Waals surface area contributed by atoms with Crippen molar-refractivity contribution in [3.63, 3.8) is 0 Å². The first-order valence-electron chi connectivity index (χ1n) is 30.2. The van der Waals surface area contributed by atoms with Gasteiger partial charge in [-0.1, -0.05) is 138 Å². The van der Waals surface area contributed by atoms with Gasteiger partial charge in [0.1, 0.15) is 34.0 Å². The lowest BCUT2D eigenvalue weighted by Crippen LogP contribution is -2.57. The second kappa shape index (κ2) is 28.3. The van der Waals surface area contributed by atoms with E-state index in [-0.39, 0.29) is 82.9 Å². The summed E-state index contributed by atoms with van der Waals surface area (Å²) in [7, 11) is -4.14. The molecule has 5 aliphatic carbocycles. The molecule has 2 N–H and O–H groups in total. The molecule has 79 heavy (non-hydrogen) atoms. The van der Waals surface area contributed by atoms with Gasteiger partial charge in [0.2, 0.25) is 0 Å². The van der Waals surface area contributed by atoms with Crippen molar-refractivity contribution in [1.29, 1.82) is 0 Å². The molecule has 2 aromatic carbocycles. The van der Waals surface area contributed by atoms with E-state index in [0.29, 0.717) is 39.5 Å². The number of ether oxygens (including phenoxy) is 10. The van der Waals surface area contributed by atoms with Gasteiger partial charge in [-0.05, 0) is 125 Å². The van der Waals surface area contributed by atoms with E-state index < -0.39 is 64.4 Å². The second-order valence-electron chi connectivity index (χ2n) is 28.5. The monoisotopic (exact) mass is 1150 g/mol. The van der Waals surface area contributed by atoms with Crippen LogP contribution in [-0.4, -0.2) is 131 Å². The molecule has 0 amide bonds. The summed E-state index contributed by atoms with van der Waals surface area (Å²) in [4.78, 5) is 0. The van der Waals surface area contributed by atoms with Crippen molar-refractivity contribution in [2.75, 3.05) is 67.0 Å². The quantitative estimate of drug-likeness (QED) is 0.0295. The average Bonchev–Trinajstić information content (AvgIpc) is 4.34. The normalized spacial score (nSPS) is 30.5. The Labute approximate surface area is 480 Å². The topological polar surface area (TPSA) is 133 Å². The molecule has 5 aliphatic rings. The lowest BCUT2D eigenvalue weighted by molar-refractivity contribution is -0.236. The Morgan fingerprint density at radius 2 is 1.22 bits per heavy atom. The predicted molar refractivity (Wildman–Crippen MR) is 323 cm³/mol. The summed E-state index contributed by atoms with van der Waals surface area (Å²) in [6.07, 6.45) is 6.69. The van der Waals surface area contributed by atoms with Crippen LogP contribution in [0.5, 0.6) is 0 Å². The Bertz CT molecular complexity index is 2200. The van der Waals surface area contributed by atoms with Crippen LogP contribution in [0.2, 0.25) is 77.1 Å². The number of fused-ring (bicyclic) bond motifs is 3. The summed E-state index contributed by atoms with van der Waals surface area (Å²) < 4.78 is 67.1. The molecule has 4 fully saturated rings. The highest BCUT2D eigenvalue weighted by atomic mass is 28.3. The molecule has 1 spiro atoms. The van der Waals surface area contributed by atoms with E-state index in [1.807, 2.05) is 36.4 Å². The molecule has 0 heterocycles. The maximum Gasteiger partial charge on any atom is 0.147 e. The van der Waals surface area contributed by atoms with Crippen LogP contribution in [0, 0.1) is 45.8 Å². The summed E-state index contributed by atoms with van der Waals surface area (Å²) >= 11 is 0. The number of aliphatic hydroxyl groups excluding tert-OH is 2. The minimum Gasteiger partial charge on any atom is -0.396 e. The zero-order chi connectivity index (χ0) is 57.1. The molecule has 0 aliphatic heterocycles. The molecule has 2 bridgehead atoms. The van der Waals surface area contributed by atoms with Crippen molar-refractivity contribution in [1.82, 2.24) is 0 Å². The molecule has 7 rings (SSSR count). The summed E-state index contributed by atoms with van der Waals surface area (Å²) in [5.41, 5.74) is 0.897. The molecule has 446 valence electrons. The highest BCUT2D eigenvalue weighted by Crippen LogP contribution is 2.79. The van der Waals surface area contributed by atoms with Crippen molar-refractivity contribution in [3.8, 4) is 0 Å². The van der Waals surface area contributed by atoms with Crippen LogP contribution >= 0.6 is 0 Å². The largest absolute Gasteiger partial charge is 0.396 e. The van der Waals surface area contributed by atoms with Crippen LogP contribution in [0.3, 0.4) is 0 Å². The van der Waals surface area contributed by atoms with Crippen LogP contribution < -0.4 is 0 Å². The third-order valence-corrected chi connectivity index (χ3v) is 24.2. The van der Waals surface area contributed by atoms with Gasteiger partial charge in [-0.2, -0.15) is 0 Å². The molecule has 2 aromatic rings. The Hall–Kier alpha value is -1.91. The number of rotatable bonds is 35. The molecule has 12 nitrogen and oxygen atoms in total. The number of benzene rings is 2. The Morgan fingerprint density at radius 1 is 0.658 bits per heavy atom.